The van der Waals surface area contributed by atoms with Gasteiger partial charge in [-0.3, -0.25) is 0 Å². The van der Waals surface area contributed by atoms with Crippen LogP contribution in [0.1, 0.15) is 115 Å². The molecule has 4 nitrogen and oxygen atoms in total. The van der Waals surface area contributed by atoms with E-state index >= 15 is 0 Å². The number of hydrogen-bond donors (Lipinski definition) is 1. The van der Waals surface area contributed by atoms with Crippen LogP contribution in [0.4, 0.5) is 0 Å². The van der Waals surface area contributed by atoms with Crippen molar-refractivity contribution >= 4 is 0 Å². The van der Waals surface area contributed by atoms with E-state index in [2.05, 4.69) is 76.2 Å². The molecule has 1 N–H and O–H groups in total. The zero-order valence-electron chi connectivity index (χ0n) is 22.9. The molecule has 186 valence electrons. The lowest BCUT2D eigenvalue weighted by atomic mass is 9.69. The summed E-state index contributed by atoms with van der Waals surface area (Å²) in [6.07, 6.45) is 5.11. The predicted octanol–water partition coefficient (Wildman–Crippen LogP) is 6.77. The van der Waals surface area contributed by atoms with Gasteiger partial charge in [0.15, 0.2) is 0 Å². The highest BCUT2D eigenvalue weighted by molar-refractivity contribution is 5.01. The van der Waals surface area contributed by atoms with Crippen molar-refractivity contribution in [3.05, 3.63) is 0 Å². The van der Waals surface area contributed by atoms with Crippen LogP contribution in [0.5, 0.6) is 0 Å². The molecular weight excluding hydrogens is 388 g/mol. The van der Waals surface area contributed by atoms with Crippen LogP contribution in [-0.2, 0) is 14.2 Å². The molecule has 5 unspecified atom stereocenters. The Morgan fingerprint density at radius 3 is 1.97 bits per heavy atom. The first-order valence-corrected chi connectivity index (χ1v) is 12.6. The fourth-order valence-electron chi connectivity index (χ4n) is 4.63. The van der Waals surface area contributed by atoms with E-state index in [4.69, 9.17) is 14.2 Å². The molecule has 1 aliphatic carbocycles. The van der Waals surface area contributed by atoms with Gasteiger partial charge in [0.25, 0.3) is 0 Å². The highest BCUT2D eigenvalue weighted by Gasteiger charge is 2.51. The smallest absolute Gasteiger partial charge is 0.0707 e. The molecule has 1 saturated carbocycles. The average Bonchev–Trinajstić information content (AvgIpc) is 3.25. The van der Waals surface area contributed by atoms with Gasteiger partial charge in [-0.15, -0.1) is 0 Å². The van der Waals surface area contributed by atoms with Crippen LogP contribution in [0, 0.1) is 16.7 Å². The Morgan fingerprint density at radius 1 is 1.00 bits per heavy atom. The number of hydrogen-bond acceptors (Lipinski definition) is 4. The van der Waals surface area contributed by atoms with Crippen molar-refractivity contribution in [1.82, 2.24) is 0 Å². The van der Waals surface area contributed by atoms with E-state index in [1.807, 2.05) is 6.92 Å². The normalized spacial score (nSPS) is 27.1. The first-order chi connectivity index (χ1) is 14.0. The summed E-state index contributed by atoms with van der Waals surface area (Å²) in [5.41, 5.74) is -1.06. The van der Waals surface area contributed by atoms with Gasteiger partial charge >= 0.3 is 0 Å². The molecule has 31 heavy (non-hydrogen) atoms. The summed E-state index contributed by atoms with van der Waals surface area (Å²) in [5.74, 6) is 0.263. The van der Waals surface area contributed by atoms with Crippen molar-refractivity contribution in [2.24, 2.45) is 16.7 Å². The van der Waals surface area contributed by atoms with Gasteiger partial charge in [0, 0.05) is 12.5 Å². The van der Waals surface area contributed by atoms with E-state index in [1.165, 1.54) is 0 Å². The van der Waals surface area contributed by atoms with Crippen LogP contribution >= 0.6 is 0 Å². The van der Waals surface area contributed by atoms with Gasteiger partial charge in [-0.2, -0.15) is 0 Å². The second-order valence-corrected chi connectivity index (χ2v) is 12.3. The number of aliphatic hydroxyl groups is 1. The maximum Gasteiger partial charge on any atom is 0.0707 e. The molecule has 1 fully saturated rings. The number of rotatable bonds is 15. The van der Waals surface area contributed by atoms with E-state index in [-0.39, 0.29) is 40.2 Å². The van der Waals surface area contributed by atoms with Crippen LogP contribution < -0.4 is 0 Å². The SMILES string of the molecule is CCC(C)(CC(C)OC(C)(CC)C(C)(C)CCOC(C)C)C(C)(C)OCC1CC1(C)O. The average molecular weight is 443 g/mol. The quantitative estimate of drug-likeness (QED) is 0.304. The Kier molecular flexibility index (Phi) is 9.69. The summed E-state index contributed by atoms with van der Waals surface area (Å²) >= 11 is 0. The molecule has 0 aromatic heterocycles. The van der Waals surface area contributed by atoms with Crippen molar-refractivity contribution in [2.45, 2.75) is 144 Å². The summed E-state index contributed by atoms with van der Waals surface area (Å²) in [7, 11) is 0. The predicted molar refractivity (Wildman–Crippen MR) is 131 cm³/mol. The molecule has 0 aliphatic heterocycles. The minimum absolute atomic E-state index is 0.0110. The zero-order chi connectivity index (χ0) is 24.3. The first kappa shape index (κ1) is 28.9. The Hall–Kier alpha value is -0.160. The molecule has 0 heterocycles. The Bertz CT molecular complexity index is 553. The van der Waals surface area contributed by atoms with Crippen LogP contribution in [0.25, 0.3) is 0 Å². The standard InChI is InChI=1S/C27H54O4/c1-13-25(10,24(8,9)30-19-22-18-26(22,11)28)17-21(5)31-27(12,14-2)23(6,7)15-16-29-20(3)4/h20-22,28H,13-19H2,1-12H3. The third kappa shape index (κ3) is 7.42. The topological polar surface area (TPSA) is 47.9 Å². The molecular formula is C27H54O4. The van der Waals surface area contributed by atoms with Crippen molar-refractivity contribution in [3.63, 3.8) is 0 Å². The highest BCUT2D eigenvalue weighted by atomic mass is 16.5. The Balaban J connectivity index is 2.80. The van der Waals surface area contributed by atoms with Crippen molar-refractivity contribution in [1.29, 1.82) is 0 Å². The third-order valence-electron chi connectivity index (χ3n) is 8.74. The molecule has 0 aromatic carbocycles. The Labute approximate surface area is 193 Å². The number of ether oxygens (including phenoxy) is 3. The highest BCUT2D eigenvalue weighted by Crippen LogP contribution is 2.48. The lowest BCUT2D eigenvalue weighted by Crippen LogP contribution is -2.50. The van der Waals surface area contributed by atoms with Gasteiger partial charge in [-0.25, -0.2) is 0 Å². The third-order valence-corrected chi connectivity index (χ3v) is 8.74. The molecule has 0 bridgehead atoms. The van der Waals surface area contributed by atoms with Crippen LogP contribution in [0.3, 0.4) is 0 Å². The summed E-state index contributed by atoms with van der Waals surface area (Å²) in [6, 6.07) is 0. The lowest BCUT2D eigenvalue weighted by Gasteiger charge is -2.49. The van der Waals surface area contributed by atoms with Crippen molar-refractivity contribution in [3.8, 4) is 0 Å². The molecule has 0 amide bonds. The minimum atomic E-state index is -0.539. The summed E-state index contributed by atoms with van der Waals surface area (Å²) in [6.45, 7) is 27.8. The van der Waals surface area contributed by atoms with Crippen LogP contribution in [0.2, 0.25) is 0 Å². The monoisotopic (exact) mass is 442 g/mol. The van der Waals surface area contributed by atoms with E-state index in [0.717, 1.165) is 38.7 Å². The molecule has 5 atom stereocenters. The summed E-state index contributed by atoms with van der Waals surface area (Å²) < 4.78 is 19.1. The summed E-state index contributed by atoms with van der Waals surface area (Å²) in [4.78, 5) is 0. The maximum atomic E-state index is 10.1. The van der Waals surface area contributed by atoms with Gasteiger partial charge in [0.1, 0.15) is 0 Å². The van der Waals surface area contributed by atoms with Crippen LogP contribution in [0.15, 0.2) is 0 Å². The molecule has 0 saturated heterocycles. The van der Waals surface area contributed by atoms with E-state index in [9.17, 15) is 5.11 Å². The first-order valence-electron chi connectivity index (χ1n) is 12.6. The van der Waals surface area contributed by atoms with Gasteiger partial charge < -0.3 is 19.3 Å². The van der Waals surface area contributed by atoms with Crippen LogP contribution in [-0.4, -0.2) is 47.3 Å². The van der Waals surface area contributed by atoms with Gasteiger partial charge in [-0.05, 0) is 91.4 Å². The zero-order valence-corrected chi connectivity index (χ0v) is 22.9. The largest absolute Gasteiger partial charge is 0.390 e. The maximum absolute atomic E-state index is 10.1. The van der Waals surface area contributed by atoms with Crippen molar-refractivity contribution in [2.75, 3.05) is 13.2 Å². The van der Waals surface area contributed by atoms with Gasteiger partial charge in [0.05, 0.1) is 35.6 Å². The van der Waals surface area contributed by atoms with Crippen molar-refractivity contribution < 1.29 is 19.3 Å². The molecule has 1 rings (SSSR count). The molecule has 0 aromatic rings. The van der Waals surface area contributed by atoms with Gasteiger partial charge in [-0.1, -0.05) is 34.6 Å². The second-order valence-electron chi connectivity index (χ2n) is 12.3. The molecule has 0 radical (unpaired) electrons. The van der Waals surface area contributed by atoms with E-state index in [0.29, 0.717) is 6.61 Å². The lowest BCUT2D eigenvalue weighted by molar-refractivity contribution is -0.179. The fourth-order valence-corrected chi connectivity index (χ4v) is 4.63. The minimum Gasteiger partial charge on any atom is -0.390 e. The van der Waals surface area contributed by atoms with Gasteiger partial charge in [0.2, 0.25) is 0 Å². The molecule has 4 heteroatoms. The second kappa shape index (κ2) is 10.4. The summed E-state index contributed by atoms with van der Waals surface area (Å²) in [5, 5.41) is 10.1. The molecule has 0 spiro atoms. The fraction of sp³-hybridized carbons (Fsp3) is 1.00. The van der Waals surface area contributed by atoms with E-state index in [1.54, 1.807) is 0 Å². The molecule has 1 aliphatic rings. The Morgan fingerprint density at radius 2 is 1.55 bits per heavy atom. The van der Waals surface area contributed by atoms with E-state index < -0.39 is 5.60 Å².